The largest absolute Gasteiger partial charge is 0.338 e. The number of aryl methyl sites for hydroxylation is 1. The second-order valence-electron chi connectivity index (χ2n) is 6.69. The molecule has 1 saturated heterocycles. The van der Waals surface area contributed by atoms with Crippen LogP contribution in [0.15, 0.2) is 36.9 Å². The summed E-state index contributed by atoms with van der Waals surface area (Å²) in [6.45, 7) is 2.02. The highest BCUT2D eigenvalue weighted by Gasteiger charge is 2.25. The number of nitrogens with zero attached hydrogens (tertiary/aromatic N) is 6. The smallest absolute Gasteiger partial charge is 0.317 e. The van der Waals surface area contributed by atoms with E-state index in [1.54, 1.807) is 6.33 Å². The van der Waals surface area contributed by atoms with Gasteiger partial charge in [-0.25, -0.2) is 14.5 Å². The zero-order valence-electron chi connectivity index (χ0n) is 14.9. The molecular formula is C18H23N7O. The summed E-state index contributed by atoms with van der Waals surface area (Å²) in [7, 11) is 1.95. The maximum absolute atomic E-state index is 12.5. The van der Waals surface area contributed by atoms with Crippen molar-refractivity contribution in [2.75, 3.05) is 19.6 Å². The minimum Gasteiger partial charge on any atom is -0.338 e. The SMILES string of the molecule is Cn1nc(CCNC(=O)N2CCCC(n3cncn3)C2)c2ccccc21. The lowest BCUT2D eigenvalue weighted by atomic mass is 10.1. The Balaban J connectivity index is 1.33. The van der Waals surface area contributed by atoms with Crippen LogP contribution in [0.5, 0.6) is 0 Å². The Morgan fingerprint density at radius 3 is 3.08 bits per heavy atom. The number of carbonyl (C=O) groups is 1. The van der Waals surface area contributed by atoms with E-state index >= 15 is 0 Å². The maximum atomic E-state index is 12.5. The molecule has 136 valence electrons. The van der Waals surface area contributed by atoms with Crippen LogP contribution in [0, 0.1) is 0 Å². The Kier molecular flexibility index (Phi) is 4.55. The summed E-state index contributed by atoms with van der Waals surface area (Å²) in [5, 5.41) is 13.0. The van der Waals surface area contributed by atoms with Gasteiger partial charge >= 0.3 is 6.03 Å². The lowest BCUT2D eigenvalue weighted by Crippen LogP contribution is -2.46. The van der Waals surface area contributed by atoms with E-state index < -0.39 is 0 Å². The molecule has 1 aliphatic rings. The number of urea groups is 1. The van der Waals surface area contributed by atoms with Gasteiger partial charge in [-0.15, -0.1) is 0 Å². The van der Waals surface area contributed by atoms with Crippen LogP contribution in [0.3, 0.4) is 0 Å². The van der Waals surface area contributed by atoms with Crippen molar-refractivity contribution in [1.29, 1.82) is 0 Å². The van der Waals surface area contributed by atoms with Gasteiger partial charge in [0, 0.05) is 38.5 Å². The second kappa shape index (κ2) is 7.15. The predicted octanol–water partition coefficient (Wildman–Crippen LogP) is 1.75. The van der Waals surface area contributed by atoms with Crippen molar-refractivity contribution in [3.8, 4) is 0 Å². The minimum absolute atomic E-state index is 0.0185. The lowest BCUT2D eigenvalue weighted by molar-refractivity contribution is 0.163. The molecule has 26 heavy (non-hydrogen) atoms. The monoisotopic (exact) mass is 353 g/mol. The van der Waals surface area contributed by atoms with Crippen LogP contribution in [-0.2, 0) is 13.5 Å². The summed E-state index contributed by atoms with van der Waals surface area (Å²) < 4.78 is 3.74. The fraction of sp³-hybridized carbons (Fsp3) is 0.444. The number of likely N-dealkylation sites (tertiary alicyclic amines) is 1. The van der Waals surface area contributed by atoms with Crippen molar-refractivity contribution in [3.05, 3.63) is 42.6 Å². The number of hydrogen-bond donors (Lipinski definition) is 1. The molecular weight excluding hydrogens is 330 g/mol. The first-order chi connectivity index (χ1) is 12.7. The highest BCUT2D eigenvalue weighted by molar-refractivity contribution is 5.82. The van der Waals surface area contributed by atoms with Gasteiger partial charge in [-0.1, -0.05) is 18.2 Å². The van der Waals surface area contributed by atoms with Crippen LogP contribution < -0.4 is 5.32 Å². The quantitative estimate of drug-likeness (QED) is 0.775. The van der Waals surface area contributed by atoms with Crippen molar-refractivity contribution in [1.82, 2.24) is 34.8 Å². The molecule has 8 heteroatoms. The summed E-state index contributed by atoms with van der Waals surface area (Å²) in [5.74, 6) is 0. The number of benzene rings is 1. The van der Waals surface area contributed by atoms with Crippen molar-refractivity contribution < 1.29 is 4.79 Å². The highest BCUT2D eigenvalue weighted by Crippen LogP contribution is 2.20. The van der Waals surface area contributed by atoms with Crippen molar-refractivity contribution >= 4 is 16.9 Å². The molecule has 2 amide bonds. The van der Waals surface area contributed by atoms with E-state index in [0.717, 1.165) is 36.0 Å². The van der Waals surface area contributed by atoms with Crippen molar-refractivity contribution in [2.24, 2.45) is 7.05 Å². The molecule has 0 saturated carbocycles. The van der Waals surface area contributed by atoms with Crippen LogP contribution in [-0.4, -0.2) is 55.1 Å². The molecule has 1 aliphatic heterocycles. The molecule has 1 unspecified atom stereocenters. The van der Waals surface area contributed by atoms with E-state index in [4.69, 9.17) is 0 Å². The van der Waals surface area contributed by atoms with Crippen LogP contribution in [0.4, 0.5) is 4.79 Å². The van der Waals surface area contributed by atoms with Crippen LogP contribution >= 0.6 is 0 Å². The normalized spacial score (nSPS) is 17.6. The van der Waals surface area contributed by atoms with E-state index in [1.165, 1.54) is 6.33 Å². The Morgan fingerprint density at radius 1 is 1.35 bits per heavy atom. The van der Waals surface area contributed by atoms with Crippen molar-refractivity contribution in [2.45, 2.75) is 25.3 Å². The molecule has 1 fully saturated rings. The Hall–Kier alpha value is -2.90. The van der Waals surface area contributed by atoms with Gasteiger partial charge in [-0.2, -0.15) is 10.2 Å². The third-order valence-electron chi connectivity index (χ3n) is 4.97. The van der Waals surface area contributed by atoms with E-state index in [9.17, 15) is 4.79 Å². The standard InChI is InChI=1S/C18H23N7O/c1-23-17-7-3-2-6-15(17)16(22-23)8-9-20-18(26)24-10-4-5-14(11-24)25-13-19-12-21-25/h2-3,6-7,12-14H,4-5,8-11H2,1H3,(H,20,26). The average Bonchev–Trinajstić information content (AvgIpc) is 3.31. The molecule has 3 heterocycles. The molecule has 8 nitrogen and oxygen atoms in total. The number of rotatable bonds is 4. The topological polar surface area (TPSA) is 80.9 Å². The second-order valence-corrected chi connectivity index (χ2v) is 6.69. The van der Waals surface area contributed by atoms with E-state index in [1.807, 2.05) is 33.4 Å². The van der Waals surface area contributed by atoms with E-state index in [-0.39, 0.29) is 12.1 Å². The van der Waals surface area contributed by atoms with Gasteiger partial charge in [0.1, 0.15) is 12.7 Å². The first kappa shape index (κ1) is 16.6. The molecule has 1 atom stereocenters. The average molecular weight is 353 g/mol. The Labute approximate surface area is 151 Å². The minimum atomic E-state index is -0.0185. The summed E-state index contributed by atoms with van der Waals surface area (Å²) >= 11 is 0. The molecule has 2 aromatic heterocycles. The molecule has 3 aromatic rings. The van der Waals surface area contributed by atoms with Gasteiger partial charge < -0.3 is 10.2 Å². The molecule has 1 N–H and O–H groups in total. The summed E-state index contributed by atoms with van der Waals surface area (Å²) in [5.41, 5.74) is 2.13. The third kappa shape index (κ3) is 3.26. The molecule has 4 rings (SSSR count). The van der Waals surface area contributed by atoms with Gasteiger partial charge in [0.25, 0.3) is 0 Å². The lowest BCUT2D eigenvalue weighted by Gasteiger charge is -2.32. The van der Waals surface area contributed by atoms with Gasteiger partial charge in [0.2, 0.25) is 0 Å². The number of nitrogens with one attached hydrogen (secondary N) is 1. The maximum Gasteiger partial charge on any atom is 0.317 e. The van der Waals surface area contributed by atoms with Gasteiger partial charge in [-0.05, 0) is 18.9 Å². The fourth-order valence-corrected chi connectivity index (χ4v) is 3.63. The van der Waals surface area contributed by atoms with Crippen LogP contribution in [0.1, 0.15) is 24.6 Å². The highest BCUT2D eigenvalue weighted by atomic mass is 16.2. The number of hydrogen-bond acceptors (Lipinski definition) is 4. The number of fused-ring (bicyclic) bond motifs is 1. The van der Waals surface area contributed by atoms with Gasteiger partial charge in [-0.3, -0.25) is 4.68 Å². The number of piperidine rings is 1. The zero-order valence-corrected chi connectivity index (χ0v) is 14.9. The zero-order chi connectivity index (χ0) is 17.9. The first-order valence-corrected chi connectivity index (χ1v) is 9.00. The number of amides is 2. The van der Waals surface area contributed by atoms with E-state index in [0.29, 0.717) is 19.5 Å². The molecule has 0 aliphatic carbocycles. The van der Waals surface area contributed by atoms with Crippen molar-refractivity contribution in [3.63, 3.8) is 0 Å². The summed E-state index contributed by atoms with van der Waals surface area (Å²) in [6.07, 6.45) is 5.97. The van der Waals surface area contributed by atoms with Crippen LogP contribution in [0.2, 0.25) is 0 Å². The molecule has 0 bridgehead atoms. The summed E-state index contributed by atoms with van der Waals surface area (Å²) in [4.78, 5) is 18.4. The molecule has 0 radical (unpaired) electrons. The van der Waals surface area contributed by atoms with E-state index in [2.05, 4.69) is 32.6 Å². The first-order valence-electron chi connectivity index (χ1n) is 9.00. The number of carbonyl (C=O) groups excluding carboxylic acids is 1. The van der Waals surface area contributed by atoms with Gasteiger partial charge in [0.05, 0.1) is 17.3 Å². The molecule has 0 spiro atoms. The third-order valence-corrected chi connectivity index (χ3v) is 4.97. The Morgan fingerprint density at radius 2 is 2.23 bits per heavy atom. The fourth-order valence-electron chi connectivity index (χ4n) is 3.63. The Bertz CT molecular complexity index is 886. The van der Waals surface area contributed by atoms with Gasteiger partial charge in [0.15, 0.2) is 0 Å². The predicted molar refractivity (Wildman–Crippen MR) is 97.7 cm³/mol. The number of aromatic nitrogens is 5. The molecule has 1 aromatic carbocycles. The van der Waals surface area contributed by atoms with Crippen LogP contribution in [0.25, 0.3) is 10.9 Å². The number of para-hydroxylation sites is 1. The summed E-state index contributed by atoms with van der Waals surface area (Å²) in [6, 6.07) is 8.35.